The highest BCUT2D eigenvalue weighted by Crippen LogP contribution is 2.34. The topological polar surface area (TPSA) is 24.9 Å². The third-order valence-corrected chi connectivity index (χ3v) is 7.05. The molecule has 0 bridgehead atoms. The molecule has 0 spiro atoms. The van der Waals surface area contributed by atoms with E-state index in [4.69, 9.17) is 9.47 Å². The van der Waals surface area contributed by atoms with Gasteiger partial charge in [-0.2, -0.15) is 0 Å². The lowest BCUT2D eigenvalue weighted by molar-refractivity contribution is 0.122. The van der Waals surface area contributed by atoms with E-state index in [0.717, 1.165) is 50.8 Å². The molecule has 2 aliphatic heterocycles. The van der Waals surface area contributed by atoms with Crippen LogP contribution in [-0.2, 0) is 13.1 Å². The molecule has 0 radical (unpaired) electrons. The fourth-order valence-corrected chi connectivity index (χ4v) is 5.25. The summed E-state index contributed by atoms with van der Waals surface area (Å²) >= 11 is 1.87. The number of thiophene rings is 1. The molecule has 0 aliphatic carbocycles. The van der Waals surface area contributed by atoms with Crippen molar-refractivity contribution >= 4 is 11.3 Å². The minimum Gasteiger partial charge on any atom is -0.454 e. The van der Waals surface area contributed by atoms with Crippen LogP contribution in [-0.4, -0.2) is 42.8 Å². The highest BCUT2D eigenvalue weighted by Gasteiger charge is 2.21. The molecule has 0 unspecified atom stereocenters. The van der Waals surface area contributed by atoms with Crippen LogP contribution in [0.4, 0.5) is 0 Å². The Labute approximate surface area is 182 Å². The van der Waals surface area contributed by atoms with Gasteiger partial charge in [0, 0.05) is 44.1 Å². The molecule has 2 aliphatic rings. The van der Waals surface area contributed by atoms with Crippen molar-refractivity contribution in [2.45, 2.75) is 26.9 Å². The number of rotatable bonds is 5. The first-order valence-corrected chi connectivity index (χ1v) is 11.5. The van der Waals surface area contributed by atoms with Crippen molar-refractivity contribution in [2.75, 3.05) is 33.0 Å². The molecule has 0 amide bonds. The van der Waals surface area contributed by atoms with Crippen molar-refractivity contribution in [3.05, 3.63) is 69.4 Å². The number of nitrogens with zero attached hydrogens (tertiary/aromatic N) is 2. The van der Waals surface area contributed by atoms with Crippen LogP contribution in [0.15, 0.2) is 47.8 Å². The zero-order valence-corrected chi connectivity index (χ0v) is 18.5. The van der Waals surface area contributed by atoms with Crippen LogP contribution in [0.25, 0.3) is 11.1 Å². The van der Waals surface area contributed by atoms with Gasteiger partial charge in [0.1, 0.15) is 0 Å². The lowest BCUT2D eigenvalue weighted by Crippen LogP contribution is -2.45. The van der Waals surface area contributed by atoms with Crippen molar-refractivity contribution in [3.8, 4) is 22.6 Å². The van der Waals surface area contributed by atoms with E-state index in [1.165, 1.54) is 32.7 Å². The van der Waals surface area contributed by atoms with E-state index in [9.17, 15) is 0 Å². The fraction of sp³-hybridized carbons (Fsp3) is 0.360. The summed E-state index contributed by atoms with van der Waals surface area (Å²) in [6.07, 6.45) is 0. The van der Waals surface area contributed by atoms with Crippen LogP contribution < -0.4 is 9.47 Å². The van der Waals surface area contributed by atoms with Gasteiger partial charge in [-0.3, -0.25) is 9.80 Å². The van der Waals surface area contributed by atoms with Crippen LogP contribution in [0.5, 0.6) is 11.5 Å². The average molecular weight is 421 g/mol. The van der Waals surface area contributed by atoms with E-state index in [2.05, 4.69) is 65.4 Å². The molecular formula is C25H28N2O2S. The molecule has 4 nitrogen and oxygen atoms in total. The van der Waals surface area contributed by atoms with Crippen LogP contribution in [0, 0.1) is 13.8 Å². The lowest BCUT2D eigenvalue weighted by Gasteiger charge is -2.34. The van der Waals surface area contributed by atoms with Crippen molar-refractivity contribution in [2.24, 2.45) is 0 Å². The maximum atomic E-state index is 5.52. The molecule has 5 rings (SSSR count). The van der Waals surface area contributed by atoms with Gasteiger partial charge in [-0.05, 0) is 53.6 Å². The second-order valence-electron chi connectivity index (χ2n) is 8.30. The van der Waals surface area contributed by atoms with E-state index in [-0.39, 0.29) is 0 Å². The Kier molecular flexibility index (Phi) is 5.50. The van der Waals surface area contributed by atoms with Gasteiger partial charge in [0.25, 0.3) is 0 Å². The molecule has 2 aromatic carbocycles. The molecule has 0 N–H and O–H groups in total. The van der Waals surface area contributed by atoms with E-state index in [0.29, 0.717) is 6.79 Å². The largest absolute Gasteiger partial charge is 0.454 e. The van der Waals surface area contributed by atoms with E-state index < -0.39 is 0 Å². The van der Waals surface area contributed by atoms with Crippen LogP contribution in [0.1, 0.15) is 21.6 Å². The van der Waals surface area contributed by atoms with Crippen molar-refractivity contribution < 1.29 is 9.47 Å². The van der Waals surface area contributed by atoms with Gasteiger partial charge in [-0.15, -0.1) is 11.3 Å². The van der Waals surface area contributed by atoms with Crippen LogP contribution >= 0.6 is 11.3 Å². The Hall–Kier alpha value is -2.34. The number of piperazine rings is 1. The van der Waals surface area contributed by atoms with Crippen LogP contribution in [0.3, 0.4) is 0 Å². The molecule has 0 atom stereocenters. The average Bonchev–Trinajstić information content (AvgIpc) is 3.36. The minimum atomic E-state index is 0.337. The Morgan fingerprint density at radius 2 is 1.53 bits per heavy atom. The first kappa shape index (κ1) is 19.6. The highest BCUT2D eigenvalue weighted by molar-refractivity contribution is 7.10. The maximum Gasteiger partial charge on any atom is 0.231 e. The van der Waals surface area contributed by atoms with Gasteiger partial charge in [0.2, 0.25) is 6.79 Å². The Morgan fingerprint density at radius 3 is 2.30 bits per heavy atom. The molecule has 1 fully saturated rings. The number of ether oxygens (including phenoxy) is 2. The SMILES string of the molecule is Cc1ccc(-c2c(CN3CCN(Cc4ccc5c(c4)OCO5)CC3)csc2C)cc1. The Bertz CT molecular complexity index is 1020. The number of fused-ring (bicyclic) bond motifs is 1. The maximum absolute atomic E-state index is 5.52. The van der Waals surface area contributed by atoms with Crippen molar-refractivity contribution in [1.29, 1.82) is 0 Å². The molecule has 1 saturated heterocycles. The van der Waals surface area contributed by atoms with E-state index in [1.54, 1.807) is 0 Å². The first-order valence-electron chi connectivity index (χ1n) is 10.6. The number of benzene rings is 2. The number of hydrogen-bond acceptors (Lipinski definition) is 5. The third kappa shape index (κ3) is 4.10. The van der Waals surface area contributed by atoms with Crippen LogP contribution in [0.2, 0.25) is 0 Å². The lowest BCUT2D eigenvalue weighted by atomic mass is 10.0. The minimum absolute atomic E-state index is 0.337. The summed E-state index contributed by atoms with van der Waals surface area (Å²) in [6.45, 7) is 11.1. The second-order valence-corrected chi connectivity index (χ2v) is 9.38. The van der Waals surface area contributed by atoms with Crippen molar-refractivity contribution in [3.63, 3.8) is 0 Å². The summed E-state index contributed by atoms with van der Waals surface area (Å²) in [5, 5.41) is 2.35. The first-order chi connectivity index (χ1) is 14.7. The molecular weight excluding hydrogens is 392 g/mol. The number of aryl methyl sites for hydroxylation is 2. The predicted molar refractivity (Wildman–Crippen MR) is 122 cm³/mol. The van der Waals surface area contributed by atoms with Gasteiger partial charge in [0.15, 0.2) is 11.5 Å². The van der Waals surface area contributed by atoms with E-state index in [1.807, 2.05) is 17.4 Å². The molecule has 5 heteroatoms. The standard InChI is InChI=1S/C25H28N2O2S/c1-18-3-6-21(7-4-18)25-19(2)30-16-22(25)15-27-11-9-26(10-12-27)14-20-5-8-23-24(13-20)29-17-28-23/h3-8,13,16H,9-12,14-15,17H2,1-2H3. The van der Waals surface area contributed by atoms with Crippen molar-refractivity contribution in [1.82, 2.24) is 9.80 Å². The summed E-state index contributed by atoms with van der Waals surface area (Å²) in [6, 6.07) is 15.3. The molecule has 3 aromatic rings. The molecule has 156 valence electrons. The number of hydrogen-bond donors (Lipinski definition) is 0. The predicted octanol–water partition coefficient (Wildman–Crippen LogP) is 5.08. The van der Waals surface area contributed by atoms with Gasteiger partial charge in [-0.25, -0.2) is 0 Å². The zero-order chi connectivity index (χ0) is 20.5. The Morgan fingerprint density at radius 1 is 0.833 bits per heavy atom. The summed E-state index contributed by atoms with van der Waals surface area (Å²) in [7, 11) is 0. The van der Waals surface area contributed by atoms with Gasteiger partial charge >= 0.3 is 0 Å². The summed E-state index contributed by atoms with van der Waals surface area (Å²) in [4.78, 5) is 6.54. The van der Waals surface area contributed by atoms with Gasteiger partial charge in [0.05, 0.1) is 0 Å². The smallest absolute Gasteiger partial charge is 0.231 e. The molecule has 0 saturated carbocycles. The third-order valence-electron chi connectivity index (χ3n) is 6.09. The second kappa shape index (κ2) is 8.42. The molecule has 3 heterocycles. The molecule has 30 heavy (non-hydrogen) atoms. The van der Waals surface area contributed by atoms with Gasteiger partial charge < -0.3 is 9.47 Å². The quantitative estimate of drug-likeness (QED) is 0.575. The van der Waals surface area contributed by atoms with Gasteiger partial charge in [-0.1, -0.05) is 35.9 Å². The molecule has 1 aromatic heterocycles. The highest BCUT2D eigenvalue weighted by atomic mass is 32.1. The zero-order valence-electron chi connectivity index (χ0n) is 17.7. The summed E-state index contributed by atoms with van der Waals surface area (Å²) < 4.78 is 10.9. The normalized spacial score (nSPS) is 16.9. The fourth-order valence-electron chi connectivity index (χ4n) is 4.37. The monoisotopic (exact) mass is 420 g/mol. The van der Waals surface area contributed by atoms with E-state index >= 15 is 0 Å². The summed E-state index contributed by atoms with van der Waals surface area (Å²) in [5.74, 6) is 1.74. The summed E-state index contributed by atoms with van der Waals surface area (Å²) in [5.41, 5.74) is 6.85. The Balaban J connectivity index is 1.20.